The first-order chi connectivity index (χ1) is 16.1. The summed E-state index contributed by atoms with van der Waals surface area (Å²) in [5.41, 5.74) is 4.36. The van der Waals surface area contributed by atoms with Crippen LogP contribution in [-0.2, 0) is 5.41 Å². The molecule has 0 atom stereocenters. The van der Waals surface area contributed by atoms with Gasteiger partial charge >= 0.3 is 0 Å². The summed E-state index contributed by atoms with van der Waals surface area (Å²) in [4.78, 5) is 0. The van der Waals surface area contributed by atoms with Crippen LogP contribution in [0, 0.1) is 13.8 Å². The van der Waals surface area contributed by atoms with Crippen molar-refractivity contribution in [2.75, 3.05) is 26.4 Å². The highest BCUT2D eigenvalue weighted by Crippen LogP contribution is 2.50. The molecule has 0 aliphatic heterocycles. The van der Waals surface area contributed by atoms with Crippen LogP contribution in [0.5, 0.6) is 11.5 Å². The Hall–Kier alpha value is -2.04. The fraction of sp³-hybridized carbons (Fsp3) is 0.586. The lowest BCUT2D eigenvalue weighted by atomic mass is 9.66. The van der Waals surface area contributed by atoms with Gasteiger partial charge in [-0.3, -0.25) is 0 Å². The van der Waals surface area contributed by atoms with E-state index in [1.807, 2.05) is 0 Å². The Morgan fingerprint density at radius 1 is 0.636 bits per heavy atom. The average Bonchev–Trinajstić information content (AvgIpc) is 2.87. The third-order valence-corrected chi connectivity index (χ3v) is 7.09. The van der Waals surface area contributed by atoms with Crippen molar-refractivity contribution < 1.29 is 19.7 Å². The maximum absolute atomic E-state index is 9.49. The SMILES string of the molecule is Cc1cccc(C2(c3cccc(C)c3OCCO)CCCCCCCCCC2)c1OCCO. The fourth-order valence-corrected chi connectivity index (χ4v) is 5.46. The van der Waals surface area contributed by atoms with E-state index in [4.69, 9.17) is 9.47 Å². The van der Waals surface area contributed by atoms with Gasteiger partial charge in [0.15, 0.2) is 0 Å². The topological polar surface area (TPSA) is 58.9 Å². The molecule has 0 radical (unpaired) electrons. The minimum atomic E-state index is -0.238. The van der Waals surface area contributed by atoms with Crippen LogP contribution in [0.2, 0.25) is 0 Å². The smallest absolute Gasteiger partial charge is 0.126 e. The van der Waals surface area contributed by atoms with E-state index in [1.54, 1.807) is 0 Å². The predicted octanol–water partition coefficient (Wildman–Crippen LogP) is 6.25. The van der Waals surface area contributed by atoms with Gasteiger partial charge in [0.2, 0.25) is 0 Å². The lowest BCUT2D eigenvalue weighted by Gasteiger charge is -2.38. The Balaban J connectivity index is 2.21. The molecular formula is C29H42O4. The quantitative estimate of drug-likeness (QED) is 0.495. The fourth-order valence-electron chi connectivity index (χ4n) is 5.46. The van der Waals surface area contributed by atoms with Crippen LogP contribution in [0.3, 0.4) is 0 Å². The summed E-state index contributed by atoms with van der Waals surface area (Å²) >= 11 is 0. The van der Waals surface area contributed by atoms with Gasteiger partial charge in [-0.25, -0.2) is 0 Å². The van der Waals surface area contributed by atoms with Gasteiger partial charge in [-0.05, 0) is 37.8 Å². The molecule has 3 rings (SSSR count). The zero-order valence-corrected chi connectivity index (χ0v) is 20.6. The molecule has 4 nitrogen and oxygen atoms in total. The molecule has 0 unspecified atom stereocenters. The maximum Gasteiger partial charge on any atom is 0.126 e. The lowest BCUT2D eigenvalue weighted by molar-refractivity contribution is 0.193. The van der Waals surface area contributed by atoms with Crippen LogP contribution >= 0.6 is 0 Å². The zero-order valence-electron chi connectivity index (χ0n) is 20.6. The van der Waals surface area contributed by atoms with E-state index in [1.165, 1.54) is 49.7 Å². The Kier molecular flexibility index (Phi) is 10.1. The number of ether oxygens (including phenoxy) is 2. The van der Waals surface area contributed by atoms with E-state index in [0.29, 0.717) is 0 Å². The number of hydrogen-bond donors (Lipinski definition) is 2. The summed E-state index contributed by atoms with van der Waals surface area (Å²) in [6.45, 7) is 4.75. The van der Waals surface area contributed by atoms with Gasteiger partial charge < -0.3 is 19.7 Å². The van der Waals surface area contributed by atoms with Gasteiger partial charge in [-0.1, -0.05) is 87.8 Å². The lowest BCUT2D eigenvalue weighted by Crippen LogP contribution is -2.30. The number of para-hydroxylation sites is 2. The number of hydrogen-bond acceptors (Lipinski definition) is 4. The monoisotopic (exact) mass is 454 g/mol. The highest BCUT2D eigenvalue weighted by atomic mass is 16.5. The summed E-state index contributed by atoms with van der Waals surface area (Å²) in [5.74, 6) is 1.80. The van der Waals surface area contributed by atoms with Gasteiger partial charge in [0.05, 0.1) is 13.2 Å². The van der Waals surface area contributed by atoms with Gasteiger partial charge in [0.1, 0.15) is 24.7 Å². The third kappa shape index (κ3) is 6.30. The van der Waals surface area contributed by atoms with E-state index in [2.05, 4.69) is 50.2 Å². The maximum atomic E-state index is 9.49. The second-order valence-electron chi connectivity index (χ2n) is 9.46. The number of aliphatic hydroxyl groups is 2. The summed E-state index contributed by atoms with van der Waals surface area (Å²) in [5, 5.41) is 19.0. The number of aliphatic hydroxyl groups excluding tert-OH is 2. The van der Waals surface area contributed by atoms with Crippen molar-refractivity contribution in [2.45, 2.75) is 83.5 Å². The van der Waals surface area contributed by atoms with Gasteiger partial charge in [-0.15, -0.1) is 0 Å². The van der Waals surface area contributed by atoms with Crippen molar-refractivity contribution in [3.8, 4) is 11.5 Å². The molecule has 2 aromatic rings. The van der Waals surface area contributed by atoms with Crippen LogP contribution in [0.4, 0.5) is 0 Å². The molecule has 0 saturated heterocycles. The van der Waals surface area contributed by atoms with E-state index >= 15 is 0 Å². The molecule has 1 aliphatic carbocycles. The number of benzene rings is 2. The summed E-state index contributed by atoms with van der Waals surface area (Å²) < 4.78 is 12.4. The molecule has 1 aliphatic rings. The van der Waals surface area contributed by atoms with E-state index in [-0.39, 0.29) is 31.8 Å². The van der Waals surface area contributed by atoms with Crippen molar-refractivity contribution in [1.82, 2.24) is 0 Å². The van der Waals surface area contributed by atoms with Crippen LogP contribution < -0.4 is 9.47 Å². The predicted molar refractivity (Wildman–Crippen MR) is 134 cm³/mol. The standard InChI is InChI=1S/C29H42O4/c1-23-13-11-15-25(27(23)32-21-19-30)29(17-9-7-5-3-4-6-8-10-18-29)26-16-12-14-24(2)28(26)33-22-20-31/h11-16,30-31H,3-10,17-22H2,1-2H3. The number of rotatable bonds is 8. The van der Waals surface area contributed by atoms with E-state index in [0.717, 1.165) is 48.3 Å². The molecule has 0 aromatic heterocycles. The van der Waals surface area contributed by atoms with Crippen molar-refractivity contribution in [2.24, 2.45) is 0 Å². The van der Waals surface area contributed by atoms with Crippen molar-refractivity contribution in [3.63, 3.8) is 0 Å². The molecule has 4 heteroatoms. The van der Waals surface area contributed by atoms with Crippen molar-refractivity contribution in [1.29, 1.82) is 0 Å². The Morgan fingerprint density at radius 2 is 1.03 bits per heavy atom. The normalized spacial score (nSPS) is 17.2. The van der Waals surface area contributed by atoms with Crippen LogP contribution in [-0.4, -0.2) is 36.6 Å². The summed E-state index contributed by atoms with van der Waals surface area (Å²) in [6.07, 6.45) is 12.1. The molecule has 1 saturated carbocycles. The molecule has 33 heavy (non-hydrogen) atoms. The molecular weight excluding hydrogens is 412 g/mol. The first kappa shape index (κ1) is 25.6. The summed E-state index contributed by atoms with van der Waals surface area (Å²) in [7, 11) is 0. The van der Waals surface area contributed by atoms with Crippen LogP contribution in [0.1, 0.15) is 86.5 Å². The highest BCUT2D eigenvalue weighted by molar-refractivity contribution is 5.56. The van der Waals surface area contributed by atoms with Crippen LogP contribution in [0.25, 0.3) is 0 Å². The molecule has 2 N–H and O–H groups in total. The Labute approximate surface area is 200 Å². The Morgan fingerprint density at radius 3 is 1.42 bits per heavy atom. The highest BCUT2D eigenvalue weighted by Gasteiger charge is 2.39. The Bertz CT molecular complexity index is 789. The second-order valence-corrected chi connectivity index (χ2v) is 9.46. The molecule has 182 valence electrons. The first-order valence-corrected chi connectivity index (χ1v) is 12.8. The average molecular weight is 455 g/mol. The molecule has 0 heterocycles. The molecule has 1 fully saturated rings. The van der Waals surface area contributed by atoms with Crippen LogP contribution in [0.15, 0.2) is 36.4 Å². The molecule has 2 aromatic carbocycles. The summed E-state index contributed by atoms with van der Waals surface area (Å²) in [6, 6.07) is 12.9. The second kappa shape index (κ2) is 13.0. The first-order valence-electron chi connectivity index (χ1n) is 12.8. The molecule has 0 amide bonds. The van der Waals surface area contributed by atoms with E-state index < -0.39 is 0 Å². The van der Waals surface area contributed by atoms with Gasteiger partial charge in [0, 0.05) is 16.5 Å². The van der Waals surface area contributed by atoms with Crippen molar-refractivity contribution >= 4 is 0 Å². The zero-order chi connectivity index (χ0) is 23.5. The van der Waals surface area contributed by atoms with Crippen molar-refractivity contribution in [3.05, 3.63) is 58.7 Å². The largest absolute Gasteiger partial charge is 0.491 e. The van der Waals surface area contributed by atoms with Gasteiger partial charge in [-0.2, -0.15) is 0 Å². The number of aryl methyl sites for hydroxylation is 2. The van der Waals surface area contributed by atoms with Gasteiger partial charge in [0.25, 0.3) is 0 Å². The molecule has 0 bridgehead atoms. The molecule has 0 spiro atoms. The minimum Gasteiger partial charge on any atom is -0.491 e. The van der Waals surface area contributed by atoms with E-state index in [9.17, 15) is 10.2 Å². The minimum absolute atomic E-state index is 0.00389. The third-order valence-electron chi connectivity index (χ3n) is 7.09.